The van der Waals surface area contributed by atoms with Crippen molar-refractivity contribution in [2.24, 2.45) is 0 Å². The van der Waals surface area contributed by atoms with Gasteiger partial charge >= 0.3 is 0 Å². The lowest BCUT2D eigenvalue weighted by Gasteiger charge is -2.12. The quantitative estimate of drug-likeness (QED) is 0.851. The van der Waals surface area contributed by atoms with E-state index >= 15 is 0 Å². The number of anilines is 1. The Balaban J connectivity index is 2.34. The second-order valence-corrected chi connectivity index (χ2v) is 7.34. The predicted molar refractivity (Wildman–Crippen MR) is 88.9 cm³/mol. The number of aryl methyl sites for hydroxylation is 1. The molecule has 0 spiro atoms. The maximum absolute atomic E-state index is 12.5. The van der Waals surface area contributed by atoms with Gasteiger partial charge in [0.15, 0.2) is 0 Å². The lowest BCUT2D eigenvalue weighted by atomic mass is 10.2. The van der Waals surface area contributed by atoms with Gasteiger partial charge < -0.3 is 5.32 Å². The molecular weight excluding hydrogens is 352 g/mol. The zero-order valence-electron chi connectivity index (χ0n) is 11.9. The molecule has 0 aliphatic heterocycles. The van der Waals surface area contributed by atoms with Crippen LogP contribution in [0.1, 0.15) is 11.1 Å². The lowest BCUT2D eigenvalue weighted by Crippen LogP contribution is -2.14. The third-order valence-electron chi connectivity index (χ3n) is 3.03. The summed E-state index contributed by atoms with van der Waals surface area (Å²) in [7, 11) is -1.77. The van der Waals surface area contributed by atoms with Crippen LogP contribution in [0.4, 0.5) is 5.69 Å². The Bertz CT molecular complexity index is 745. The van der Waals surface area contributed by atoms with E-state index in [9.17, 15) is 8.42 Å². The SMILES string of the molecule is CNCc1cccc(S(=O)(=O)Nc2cc(Br)ccc2C)c1. The second kappa shape index (κ2) is 6.60. The van der Waals surface area contributed by atoms with Crippen molar-refractivity contribution in [3.8, 4) is 0 Å². The predicted octanol–water partition coefficient (Wildman–Crippen LogP) is 3.28. The molecule has 21 heavy (non-hydrogen) atoms. The molecule has 6 heteroatoms. The van der Waals surface area contributed by atoms with Crippen LogP contribution in [0.3, 0.4) is 0 Å². The van der Waals surface area contributed by atoms with Crippen LogP contribution >= 0.6 is 15.9 Å². The van der Waals surface area contributed by atoms with Gasteiger partial charge in [-0.2, -0.15) is 0 Å². The van der Waals surface area contributed by atoms with Crippen LogP contribution in [-0.2, 0) is 16.6 Å². The van der Waals surface area contributed by atoms with Gasteiger partial charge in [0.1, 0.15) is 0 Å². The Labute approximate surface area is 133 Å². The lowest BCUT2D eigenvalue weighted by molar-refractivity contribution is 0.601. The van der Waals surface area contributed by atoms with Crippen LogP contribution in [0, 0.1) is 6.92 Å². The van der Waals surface area contributed by atoms with E-state index in [1.165, 1.54) is 0 Å². The zero-order chi connectivity index (χ0) is 15.5. The Hall–Kier alpha value is -1.37. The van der Waals surface area contributed by atoms with E-state index in [1.54, 1.807) is 24.3 Å². The first kappa shape index (κ1) is 16.0. The minimum absolute atomic E-state index is 0.259. The van der Waals surface area contributed by atoms with Crippen molar-refractivity contribution in [1.29, 1.82) is 0 Å². The number of sulfonamides is 1. The summed E-state index contributed by atoms with van der Waals surface area (Å²) in [5.74, 6) is 0. The number of rotatable bonds is 5. The van der Waals surface area contributed by atoms with Gasteiger partial charge in [0.25, 0.3) is 10.0 Å². The van der Waals surface area contributed by atoms with Gasteiger partial charge in [0.05, 0.1) is 10.6 Å². The van der Waals surface area contributed by atoms with Crippen molar-refractivity contribution in [2.45, 2.75) is 18.4 Å². The molecular formula is C15H17BrN2O2S. The molecule has 0 amide bonds. The molecule has 0 saturated carbocycles. The summed E-state index contributed by atoms with van der Waals surface area (Å²) in [4.78, 5) is 0.259. The summed E-state index contributed by atoms with van der Waals surface area (Å²) in [6, 6.07) is 12.4. The maximum atomic E-state index is 12.5. The highest BCUT2D eigenvalue weighted by atomic mass is 79.9. The van der Waals surface area contributed by atoms with E-state index in [0.717, 1.165) is 15.6 Å². The number of halogens is 1. The van der Waals surface area contributed by atoms with Gasteiger partial charge in [0, 0.05) is 11.0 Å². The van der Waals surface area contributed by atoms with Crippen LogP contribution in [0.15, 0.2) is 51.8 Å². The fraction of sp³-hybridized carbons (Fsp3) is 0.200. The zero-order valence-corrected chi connectivity index (χ0v) is 14.3. The van der Waals surface area contributed by atoms with Crippen molar-refractivity contribution in [3.05, 3.63) is 58.1 Å². The van der Waals surface area contributed by atoms with E-state index < -0.39 is 10.0 Å². The third kappa shape index (κ3) is 4.06. The molecule has 0 aliphatic carbocycles. The molecule has 2 aromatic carbocycles. The van der Waals surface area contributed by atoms with Gasteiger partial charge in [-0.15, -0.1) is 0 Å². The standard InChI is InChI=1S/C15H17BrN2O2S/c1-11-6-7-13(16)9-15(11)18-21(19,20)14-5-3-4-12(8-14)10-17-2/h3-9,17-18H,10H2,1-2H3. The minimum atomic E-state index is -3.59. The monoisotopic (exact) mass is 368 g/mol. The van der Waals surface area contributed by atoms with Crippen molar-refractivity contribution in [3.63, 3.8) is 0 Å². The fourth-order valence-electron chi connectivity index (χ4n) is 1.93. The molecule has 4 nitrogen and oxygen atoms in total. The van der Waals surface area contributed by atoms with Crippen LogP contribution in [0.25, 0.3) is 0 Å². The van der Waals surface area contributed by atoms with E-state index in [1.807, 2.05) is 32.2 Å². The number of nitrogens with one attached hydrogen (secondary N) is 2. The molecule has 2 aromatic rings. The summed E-state index contributed by atoms with van der Waals surface area (Å²) < 4.78 is 28.4. The van der Waals surface area contributed by atoms with Crippen LogP contribution < -0.4 is 10.0 Å². The van der Waals surface area contributed by atoms with E-state index in [0.29, 0.717) is 12.2 Å². The van der Waals surface area contributed by atoms with Gasteiger partial charge in [0.2, 0.25) is 0 Å². The topological polar surface area (TPSA) is 58.2 Å². The highest BCUT2D eigenvalue weighted by Crippen LogP contribution is 2.24. The highest BCUT2D eigenvalue weighted by molar-refractivity contribution is 9.10. The van der Waals surface area contributed by atoms with Crippen molar-refractivity contribution >= 4 is 31.6 Å². The van der Waals surface area contributed by atoms with Crippen molar-refractivity contribution in [2.75, 3.05) is 11.8 Å². The molecule has 112 valence electrons. The number of hydrogen-bond acceptors (Lipinski definition) is 3. The Morgan fingerprint density at radius 2 is 1.90 bits per heavy atom. The molecule has 0 fully saturated rings. The largest absolute Gasteiger partial charge is 0.316 e. The summed E-state index contributed by atoms with van der Waals surface area (Å²) in [5.41, 5.74) is 2.36. The average molecular weight is 369 g/mol. The molecule has 0 radical (unpaired) electrons. The summed E-state index contributed by atoms with van der Waals surface area (Å²) in [5, 5.41) is 3.01. The normalized spacial score (nSPS) is 11.4. The molecule has 0 aromatic heterocycles. The van der Waals surface area contributed by atoms with Gasteiger partial charge in [-0.25, -0.2) is 8.42 Å². The van der Waals surface area contributed by atoms with Crippen LogP contribution in [0.5, 0.6) is 0 Å². The van der Waals surface area contributed by atoms with Gasteiger partial charge in [-0.05, 0) is 49.4 Å². The minimum Gasteiger partial charge on any atom is -0.316 e. The van der Waals surface area contributed by atoms with E-state index in [-0.39, 0.29) is 4.90 Å². The van der Waals surface area contributed by atoms with E-state index in [2.05, 4.69) is 26.0 Å². The highest BCUT2D eigenvalue weighted by Gasteiger charge is 2.15. The molecule has 0 bridgehead atoms. The first-order valence-electron chi connectivity index (χ1n) is 6.45. The van der Waals surface area contributed by atoms with Crippen molar-refractivity contribution < 1.29 is 8.42 Å². The Morgan fingerprint density at radius 3 is 2.62 bits per heavy atom. The van der Waals surface area contributed by atoms with Crippen molar-refractivity contribution in [1.82, 2.24) is 5.32 Å². The molecule has 2 rings (SSSR count). The average Bonchev–Trinajstić information content (AvgIpc) is 2.43. The first-order valence-corrected chi connectivity index (χ1v) is 8.72. The molecule has 0 heterocycles. The first-order chi connectivity index (χ1) is 9.92. The fourth-order valence-corrected chi connectivity index (χ4v) is 3.49. The Morgan fingerprint density at radius 1 is 1.14 bits per heavy atom. The van der Waals surface area contributed by atoms with Crippen LogP contribution in [0.2, 0.25) is 0 Å². The van der Waals surface area contributed by atoms with Crippen LogP contribution in [-0.4, -0.2) is 15.5 Å². The Kier molecular flexibility index (Phi) is 5.03. The van der Waals surface area contributed by atoms with Gasteiger partial charge in [-0.1, -0.05) is 34.1 Å². The molecule has 0 atom stereocenters. The van der Waals surface area contributed by atoms with Gasteiger partial charge in [-0.3, -0.25) is 4.72 Å². The third-order valence-corrected chi connectivity index (χ3v) is 4.89. The summed E-state index contributed by atoms with van der Waals surface area (Å²) in [6.07, 6.45) is 0. The molecule has 2 N–H and O–H groups in total. The smallest absolute Gasteiger partial charge is 0.261 e. The second-order valence-electron chi connectivity index (χ2n) is 4.74. The summed E-state index contributed by atoms with van der Waals surface area (Å²) in [6.45, 7) is 2.49. The molecule has 0 aliphatic rings. The number of hydrogen-bond donors (Lipinski definition) is 2. The number of benzene rings is 2. The summed E-state index contributed by atoms with van der Waals surface area (Å²) >= 11 is 3.35. The molecule has 0 saturated heterocycles. The molecule has 0 unspecified atom stereocenters. The van der Waals surface area contributed by atoms with E-state index in [4.69, 9.17) is 0 Å². The maximum Gasteiger partial charge on any atom is 0.261 e.